The number of carboxylic acid groups (broad SMARTS) is 1. The number of aliphatic carboxylic acids is 1. The number of hydrogen-bond acceptors (Lipinski definition) is 2. The van der Waals surface area contributed by atoms with Crippen molar-refractivity contribution in [3.05, 3.63) is 35.4 Å². The lowest BCUT2D eigenvalue weighted by molar-refractivity contribution is -0.428. The Balaban J connectivity index is 2.61. The Labute approximate surface area is 91.9 Å². The summed E-state index contributed by atoms with van der Waals surface area (Å²) in [5, 5.41) is 10.2. The van der Waals surface area contributed by atoms with Gasteiger partial charge in [0.2, 0.25) is 0 Å². The highest BCUT2D eigenvalue weighted by atomic mass is 19.1. The van der Waals surface area contributed by atoms with Crippen molar-refractivity contribution in [1.29, 1.82) is 0 Å². The normalized spacial score (nSPS) is 12.4. The first-order chi connectivity index (χ1) is 7.50. The van der Waals surface area contributed by atoms with Crippen LogP contribution in [0.4, 0.5) is 8.78 Å². The largest absolute Gasteiger partial charge is 0.550 e. The average Bonchev–Trinajstić information content (AvgIpc) is 2.21. The number of benzene rings is 1. The SMILES string of the molecule is [NH3+][C@@H](CCCC(=O)[O-])c1cc(F)ccc1F. The van der Waals surface area contributed by atoms with Crippen LogP contribution in [0.1, 0.15) is 30.9 Å². The second-order valence-corrected chi connectivity index (χ2v) is 3.63. The molecule has 3 nitrogen and oxygen atoms in total. The highest BCUT2D eigenvalue weighted by Crippen LogP contribution is 2.19. The molecule has 88 valence electrons. The van der Waals surface area contributed by atoms with Crippen molar-refractivity contribution in [3.63, 3.8) is 0 Å². The van der Waals surface area contributed by atoms with E-state index in [2.05, 4.69) is 5.73 Å². The summed E-state index contributed by atoms with van der Waals surface area (Å²) in [5.41, 5.74) is 3.87. The van der Waals surface area contributed by atoms with Gasteiger partial charge in [-0.1, -0.05) is 0 Å². The molecule has 0 unspecified atom stereocenters. The second kappa shape index (κ2) is 5.55. The van der Waals surface area contributed by atoms with Gasteiger partial charge in [-0.3, -0.25) is 0 Å². The summed E-state index contributed by atoms with van der Waals surface area (Å²) in [6.07, 6.45) is 0.629. The fourth-order valence-electron chi connectivity index (χ4n) is 1.48. The van der Waals surface area contributed by atoms with Gasteiger partial charge in [0.05, 0.1) is 0 Å². The zero-order valence-electron chi connectivity index (χ0n) is 8.71. The average molecular weight is 229 g/mol. The third-order valence-electron chi connectivity index (χ3n) is 2.33. The standard InChI is InChI=1S/C11H13F2NO2/c12-7-4-5-9(13)8(6-7)10(14)2-1-3-11(15)16/h4-6,10H,1-3,14H2,(H,15,16)/t10-/m0/s1. The van der Waals surface area contributed by atoms with Gasteiger partial charge >= 0.3 is 0 Å². The molecule has 0 aromatic heterocycles. The van der Waals surface area contributed by atoms with Gasteiger partial charge in [0.15, 0.2) is 0 Å². The quantitative estimate of drug-likeness (QED) is 0.781. The monoisotopic (exact) mass is 229 g/mol. The van der Waals surface area contributed by atoms with Crippen molar-refractivity contribution in [3.8, 4) is 0 Å². The van der Waals surface area contributed by atoms with E-state index in [1.54, 1.807) is 0 Å². The minimum atomic E-state index is -1.15. The molecule has 1 atom stereocenters. The molecule has 0 heterocycles. The van der Waals surface area contributed by atoms with Crippen LogP contribution in [0.5, 0.6) is 0 Å². The molecule has 0 amide bonds. The minimum absolute atomic E-state index is 0.0943. The Morgan fingerprint density at radius 1 is 1.44 bits per heavy atom. The Morgan fingerprint density at radius 2 is 2.12 bits per heavy atom. The molecule has 16 heavy (non-hydrogen) atoms. The maximum Gasteiger partial charge on any atom is 0.132 e. The molecule has 5 heteroatoms. The number of rotatable bonds is 5. The maximum absolute atomic E-state index is 13.3. The van der Waals surface area contributed by atoms with Crippen LogP contribution in [0.3, 0.4) is 0 Å². The van der Waals surface area contributed by atoms with E-state index in [1.165, 1.54) is 0 Å². The van der Waals surface area contributed by atoms with E-state index in [1.807, 2.05) is 0 Å². The van der Waals surface area contributed by atoms with E-state index in [0.29, 0.717) is 12.8 Å². The van der Waals surface area contributed by atoms with Gasteiger partial charge in [-0.25, -0.2) is 8.78 Å². The highest BCUT2D eigenvalue weighted by molar-refractivity contribution is 5.64. The summed E-state index contributed by atoms with van der Waals surface area (Å²) in [7, 11) is 0. The minimum Gasteiger partial charge on any atom is -0.550 e. The first-order valence-electron chi connectivity index (χ1n) is 4.98. The van der Waals surface area contributed by atoms with Crippen LogP contribution < -0.4 is 10.8 Å². The van der Waals surface area contributed by atoms with Crippen molar-refractivity contribution >= 4 is 5.97 Å². The Kier molecular flexibility index (Phi) is 4.37. The Hall–Kier alpha value is -1.49. The van der Waals surface area contributed by atoms with E-state index in [4.69, 9.17) is 0 Å². The fraction of sp³-hybridized carbons (Fsp3) is 0.364. The van der Waals surface area contributed by atoms with Crippen LogP contribution in [-0.4, -0.2) is 5.97 Å². The molecule has 0 aliphatic rings. The molecule has 1 aromatic rings. The van der Waals surface area contributed by atoms with E-state index in [-0.39, 0.29) is 12.0 Å². The molecule has 0 aliphatic carbocycles. The third-order valence-corrected chi connectivity index (χ3v) is 2.33. The van der Waals surface area contributed by atoms with Crippen molar-refractivity contribution in [2.75, 3.05) is 0 Å². The molecule has 0 aliphatic heterocycles. The zero-order chi connectivity index (χ0) is 12.1. The smallest absolute Gasteiger partial charge is 0.132 e. The van der Waals surface area contributed by atoms with E-state index in [0.717, 1.165) is 18.2 Å². The van der Waals surface area contributed by atoms with E-state index >= 15 is 0 Å². The molecule has 1 aromatic carbocycles. The van der Waals surface area contributed by atoms with Gasteiger partial charge in [0, 0.05) is 18.0 Å². The first kappa shape index (κ1) is 12.6. The zero-order valence-corrected chi connectivity index (χ0v) is 8.71. The lowest BCUT2D eigenvalue weighted by atomic mass is 10.0. The topological polar surface area (TPSA) is 67.8 Å². The van der Waals surface area contributed by atoms with Crippen LogP contribution >= 0.6 is 0 Å². The summed E-state index contributed by atoms with van der Waals surface area (Å²) in [5.74, 6) is -2.19. The van der Waals surface area contributed by atoms with Crippen LogP contribution in [-0.2, 0) is 4.79 Å². The first-order valence-corrected chi connectivity index (χ1v) is 4.98. The molecule has 0 saturated carbocycles. The van der Waals surface area contributed by atoms with Gasteiger partial charge in [0.25, 0.3) is 0 Å². The number of hydrogen-bond donors (Lipinski definition) is 1. The van der Waals surface area contributed by atoms with E-state index < -0.39 is 23.6 Å². The molecule has 0 saturated heterocycles. The lowest BCUT2D eigenvalue weighted by Crippen LogP contribution is -2.53. The van der Waals surface area contributed by atoms with Crippen LogP contribution in [0.25, 0.3) is 0 Å². The van der Waals surface area contributed by atoms with Gasteiger partial charge in [-0.05, 0) is 31.0 Å². The van der Waals surface area contributed by atoms with Crippen molar-refractivity contribution in [1.82, 2.24) is 0 Å². The van der Waals surface area contributed by atoms with Crippen molar-refractivity contribution in [2.24, 2.45) is 0 Å². The molecule has 0 spiro atoms. The summed E-state index contributed by atoms with van der Waals surface area (Å²) in [6, 6.07) is 2.72. The number of quaternary nitrogens is 1. The number of halogens is 2. The Bertz CT molecular complexity index is 382. The second-order valence-electron chi connectivity index (χ2n) is 3.63. The summed E-state index contributed by atoms with van der Waals surface area (Å²) >= 11 is 0. The van der Waals surface area contributed by atoms with Crippen LogP contribution in [0.2, 0.25) is 0 Å². The lowest BCUT2D eigenvalue weighted by Gasteiger charge is -2.10. The van der Waals surface area contributed by atoms with Gasteiger partial charge < -0.3 is 15.6 Å². The van der Waals surface area contributed by atoms with Gasteiger partial charge in [-0.15, -0.1) is 0 Å². The molecule has 3 N–H and O–H groups in total. The molecule has 1 rings (SSSR count). The van der Waals surface area contributed by atoms with Gasteiger partial charge in [0.1, 0.15) is 17.7 Å². The number of carbonyl (C=O) groups excluding carboxylic acids is 1. The molecule has 0 bridgehead atoms. The van der Waals surface area contributed by atoms with Crippen molar-refractivity contribution in [2.45, 2.75) is 25.3 Å². The third kappa shape index (κ3) is 3.58. The highest BCUT2D eigenvalue weighted by Gasteiger charge is 2.15. The molecular formula is C11H13F2NO2. The molecule has 0 radical (unpaired) electrons. The maximum atomic E-state index is 13.3. The molecular weight excluding hydrogens is 216 g/mol. The Morgan fingerprint density at radius 3 is 2.75 bits per heavy atom. The van der Waals surface area contributed by atoms with Crippen LogP contribution in [0, 0.1) is 11.6 Å². The summed E-state index contributed by atoms with van der Waals surface area (Å²) in [4.78, 5) is 10.2. The number of carbonyl (C=O) groups is 1. The van der Waals surface area contributed by atoms with E-state index in [9.17, 15) is 18.7 Å². The molecule has 0 fully saturated rings. The van der Waals surface area contributed by atoms with Crippen LogP contribution in [0.15, 0.2) is 18.2 Å². The fourth-order valence-corrected chi connectivity index (χ4v) is 1.48. The summed E-state index contributed by atoms with van der Waals surface area (Å²) < 4.78 is 26.1. The van der Waals surface area contributed by atoms with Crippen molar-refractivity contribution < 1.29 is 24.4 Å². The predicted molar refractivity (Wildman–Crippen MR) is 50.8 cm³/mol. The van der Waals surface area contributed by atoms with Gasteiger partial charge in [-0.2, -0.15) is 0 Å². The summed E-state index contributed by atoms with van der Waals surface area (Å²) in [6.45, 7) is 0. The predicted octanol–water partition coefficient (Wildman–Crippen LogP) is 0.168. The number of carboxylic acids is 1.